The molecule has 0 N–H and O–H groups in total. The van der Waals surface area contributed by atoms with Crippen molar-refractivity contribution < 1.29 is 4.79 Å². The summed E-state index contributed by atoms with van der Waals surface area (Å²) in [5.74, 6) is 1.26. The van der Waals surface area contributed by atoms with Crippen LogP contribution >= 0.6 is 11.3 Å². The number of piperidine rings is 1. The highest BCUT2D eigenvalue weighted by molar-refractivity contribution is 7.11. The molecule has 0 spiro atoms. The van der Waals surface area contributed by atoms with Crippen LogP contribution in [0.1, 0.15) is 34.5 Å². The van der Waals surface area contributed by atoms with Gasteiger partial charge in [0.25, 0.3) is 0 Å². The zero-order valence-corrected chi connectivity index (χ0v) is 17.4. The van der Waals surface area contributed by atoms with E-state index in [0.717, 1.165) is 58.5 Å². The summed E-state index contributed by atoms with van der Waals surface area (Å²) in [6, 6.07) is 7.75. The molecule has 30 heavy (non-hydrogen) atoms. The smallest absolute Gasteiger partial charge is 0.227 e. The zero-order valence-electron chi connectivity index (χ0n) is 16.6. The van der Waals surface area contributed by atoms with Crippen LogP contribution in [-0.2, 0) is 11.2 Å². The van der Waals surface area contributed by atoms with Gasteiger partial charge in [0.15, 0.2) is 11.5 Å². The number of carbonyl (C=O) groups excluding carboxylic acids is 1. The molecular formula is C21H21N7OS. The highest BCUT2D eigenvalue weighted by Gasteiger charge is 2.27. The maximum atomic E-state index is 12.6. The molecule has 0 saturated carbocycles. The van der Waals surface area contributed by atoms with E-state index in [2.05, 4.69) is 20.2 Å². The maximum Gasteiger partial charge on any atom is 0.227 e. The minimum absolute atomic E-state index is 0.167. The molecule has 0 aliphatic carbocycles. The Morgan fingerprint density at radius 1 is 1.17 bits per heavy atom. The number of pyridine rings is 1. The number of nitrogens with zero attached hydrogens (tertiary/aromatic N) is 7. The number of thiazole rings is 1. The van der Waals surface area contributed by atoms with Crippen molar-refractivity contribution in [3.8, 4) is 11.3 Å². The average molecular weight is 420 g/mol. The normalized spacial score (nSPS) is 15.0. The lowest BCUT2D eigenvalue weighted by molar-refractivity contribution is -0.131. The first kappa shape index (κ1) is 18.8. The molecule has 1 amide bonds. The van der Waals surface area contributed by atoms with E-state index in [1.54, 1.807) is 29.9 Å². The lowest BCUT2D eigenvalue weighted by Crippen LogP contribution is -2.39. The van der Waals surface area contributed by atoms with Gasteiger partial charge in [-0.2, -0.15) is 9.61 Å². The van der Waals surface area contributed by atoms with Crippen LogP contribution in [0.5, 0.6) is 0 Å². The lowest BCUT2D eigenvalue weighted by Gasteiger charge is -2.31. The molecule has 152 valence electrons. The summed E-state index contributed by atoms with van der Waals surface area (Å²) in [6.45, 7) is 3.40. The summed E-state index contributed by atoms with van der Waals surface area (Å²) in [5, 5.41) is 14.5. The van der Waals surface area contributed by atoms with Gasteiger partial charge in [0.2, 0.25) is 5.91 Å². The summed E-state index contributed by atoms with van der Waals surface area (Å²) in [6.07, 6.45) is 7.49. The SMILES string of the molecule is Cc1ncc(CC(=O)N2CCC(c3nnc4ccc(-c5cccnc5)nn34)CC2)s1. The molecule has 5 heterocycles. The first-order chi connectivity index (χ1) is 14.7. The third-order valence-corrected chi connectivity index (χ3v) is 6.36. The Kier molecular flexibility index (Phi) is 4.96. The van der Waals surface area contributed by atoms with Gasteiger partial charge in [-0.15, -0.1) is 21.5 Å². The summed E-state index contributed by atoms with van der Waals surface area (Å²) in [4.78, 5) is 24.0. The fraction of sp³-hybridized carbons (Fsp3) is 0.333. The fourth-order valence-corrected chi connectivity index (χ4v) is 4.65. The van der Waals surface area contributed by atoms with Gasteiger partial charge in [0.1, 0.15) is 0 Å². The van der Waals surface area contributed by atoms with Crippen molar-refractivity contribution in [2.45, 2.75) is 32.1 Å². The third kappa shape index (κ3) is 3.68. The van der Waals surface area contributed by atoms with Gasteiger partial charge in [-0.25, -0.2) is 4.98 Å². The number of rotatable bonds is 4. The molecule has 0 bridgehead atoms. The van der Waals surface area contributed by atoms with Gasteiger partial charge >= 0.3 is 0 Å². The van der Waals surface area contributed by atoms with Crippen LogP contribution in [-0.4, -0.2) is 53.7 Å². The molecule has 1 aliphatic rings. The Morgan fingerprint density at radius 3 is 2.77 bits per heavy atom. The van der Waals surface area contributed by atoms with E-state index in [4.69, 9.17) is 5.10 Å². The second-order valence-electron chi connectivity index (χ2n) is 7.47. The molecular weight excluding hydrogens is 398 g/mol. The molecule has 0 atom stereocenters. The summed E-state index contributed by atoms with van der Waals surface area (Å²) < 4.78 is 1.84. The molecule has 1 fully saturated rings. The van der Waals surface area contributed by atoms with Gasteiger partial charge in [-0.05, 0) is 44.0 Å². The molecule has 4 aromatic rings. The van der Waals surface area contributed by atoms with E-state index in [1.807, 2.05) is 40.6 Å². The van der Waals surface area contributed by atoms with Gasteiger partial charge in [0.05, 0.1) is 17.1 Å². The molecule has 1 aliphatic heterocycles. The topological polar surface area (TPSA) is 89.2 Å². The van der Waals surface area contributed by atoms with Crippen LogP contribution in [0.25, 0.3) is 16.9 Å². The number of carbonyl (C=O) groups is 1. The molecule has 5 rings (SSSR count). The minimum Gasteiger partial charge on any atom is -0.342 e. The molecule has 8 nitrogen and oxygen atoms in total. The Bertz CT molecular complexity index is 1180. The van der Waals surface area contributed by atoms with Crippen molar-refractivity contribution in [2.75, 3.05) is 13.1 Å². The lowest BCUT2D eigenvalue weighted by atomic mass is 9.96. The maximum absolute atomic E-state index is 12.6. The van der Waals surface area contributed by atoms with Crippen LogP contribution in [0.2, 0.25) is 0 Å². The summed E-state index contributed by atoms with van der Waals surface area (Å²) >= 11 is 1.59. The molecule has 0 unspecified atom stereocenters. The van der Waals surface area contributed by atoms with E-state index in [0.29, 0.717) is 6.42 Å². The van der Waals surface area contributed by atoms with Crippen molar-refractivity contribution in [3.05, 3.63) is 58.6 Å². The number of aromatic nitrogens is 6. The monoisotopic (exact) mass is 419 g/mol. The Balaban J connectivity index is 1.30. The van der Waals surface area contributed by atoms with E-state index < -0.39 is 0 Å². The Hall–Kier alpha value is -3.20. The first-order valence-corrected chi connectivity index (χ1v) is 10.8. The van der Waals surface area contributed by atoms with Crippen molar-refractivity contribution >= 4 is 22.9 Å². The van der Waals surface area contributed by atoms with E-state index in [9.17, 15) is 4.79 Å². The predicted octanol–water partition coefficient (Wildman–Crippen LogP) is 2.90. The third-order valence-electron chi connectivity index (χ3n) is 5.45. The molecule has 4 aromatic heterocycles. The number of likely N-dealkylation sites (tertiary alicyclic amines) is 1. The van der Waals surface area contributed by atoms with Crippen LogP contribution < -0.4 is 0 Å². The van der Waals surface area contributed by atoms with Crippen molar-refractivity contribution in [1.29, 1.82) is 0 Å². The number of fused-ring (bicyclic) bond motifs is 1. The predicted molar refractivity (Wildman–Crippen MR) is 113 cm³/mol. The largest absolute Gasteiger partial charge is 0.342 e. The van der Waals surface area contributed by atoms with Crippen LogP contribution in [0, 0.1) is 6.92 Å². The highest BCUT2D eigenvalue weighted by Crippen LogP contribution is 2.28. The summed E-state index contributed by atoms with van der Waals surface area (Å²) in [5.41, 5.74) is 2.53. The quantitative estimate of drug-likeness (QED) is 0.505. The van der Waals surface area contributed by atoms with Gasteiger partial charge in [-0.3, -0.25) is 9.78 Å². The van der Waals surface area contributed by atoms with E-state index in [-0.39, 0.29) is 11.8 Å². The highest BCUT2D eigenvalue weighted by atomic mass is 32.1. The van der Waals surface area contributed by atoms with Crippen molar-refractivity contribution in [2.24, 2.45) is 0 Å². The average Bonchev–Trinajstić information content (AvgIpc) is 3.40. The van der Waals surface area contributed by atoms with Gasteiger partial charge in [-0.1, -0.05) is 0 Å². The van der Waals surface area contributed by atoms with Crippen molar-refractivity contribution in [1.82, 2.24) is 34.7 Å². The van der Waals surface area contributed by atoms with Crippen LogP contribution in [0.3, 0.4) is 0 Å². The van der Waals surface area contributed by atoms with E-state index in [1.165, 1.54) is 0 Å². The van der Waals surface area contributed by atoms with Crippen molar-refractivity contribution in [3.63, 3.8) is 0 Å². The Labute approximate surface area is 177 Å². The van der Waals surface area contributed by atoms with Gasteiger partial charge < -0.3 is 4.90 Å². The number of aryl methyl sites for hydroxylation is 1. The zero-order chi connectivity index (χ0) is 20.5. The molecule has 9 heteroatoms. The number of hydrogen-bond donors (Lipinski definition) is 0. The Morgan fingerprint density at radius 2 is 2.03 bits per heavy atom. The second-order valence-corrected chi connectivity index (χ2v) is 8.79. The standard InChI is InChI=1S/C21H21N7OS/c1-14-23-13-17(30-14)11-20(29)27-9-6-15(7-10-27)21-25-24-19-5-4-18(26-28(19)21)16-3-2-8-22-12-16/h2-5,8,12-13,15H,6-7,9-11H2,1H3. The molecule has 1 saturated heterocycles. The molecule has 0 radical (unpaired) electrons. The second kappa shape index (κ2) is 7.91. The minimum atomic E-state index is 0.167. The van der Waals surface area contributed by atoms with E-state index >= 15 is 0 Å². The first-order valence-electron chi connectivity index (χ1n) is 9.99. The van der Waals surface area contributed by atoms with Crippen LogP contribution in [0.4, 0.5) is 0 Å². The number of amides is 1. The van der Waals surface area contributed by atoms with Gasteiger partial charge in [0, 0.05) is 48.0 Å². The molecule has 0 aromatic carbocycles. The van der Waals surface area contributed by atoms with Crippen LogP contribution in [0.15, 0.2) is 42.9 Å². The summed E-state index contributed by atoms with van der Waals surface area (Å²) in [7, 11) is 0. The number of hydrogen-bond acceptors (Lipinski definition) is 7. The fourth-order valence-electron chi connectivity index (χ4n) is 3.86.